The number of nitrogens with two attached hydrogens (primary N) is 1. The van der Waals surface area contributed by atoms with Crippen LogP contribution < -0.4 is 16.4 Å². The Kier molecular flexibility index (Phi) is 6.28. The van der Waals surface area contributed by atoms with Crippen LogP contribution in [0.1, 0.15) is 13.8 Å². The van der Waals surface area contributed by atoms with Crippen molar-refractivity contribution >= 4 is 29.5 Å². The minimum Gasteiger partial charge on any atom is -0.369 e. The number of fused-ring (bicyclic) bond motifs is 1. The van der Waals surface area contributed by atoms with E-state index in [9.17, 15) is 14.4 Å². The maximum Gasteiger partial charge on any atom is 0.344 e. The Morgan fingerprint density at radius 3 is 2.62 bits per heavy atom. The first-order valence-electron chi connectivity index (χ1n) is 9.50. The molecule has 1 aromatic carbocycles. The summed E-state index contributed by atoms with van der Waals surface area (Å²) in [4.78, 5) is 42.2. The highest BCUT2D eigenvalue weighted by Crippen LogP contribution is 2.40. The van der Waals surface area contributed by atoms with Gasteiger partial charge in [0.1, 0.15) is 0 Å². The lowest BCUT2D eigenvalue weighted by Crippen LogP contribution is -2.40. The fraction of sp³-hybridized carbons (Fsp3) is 0.400. The van der Waals surface area contributed by atoms with E-state index in [4.69, 9.17) is 10.5 Å². The predicted molar refractivity (Wildman–Crippen MR) is 108 cm³/mol. The summed E-state index contributed by atoms with van der Waals surface area (Å²) in [5.74, 6) is -1.58. The van der Waals surface area contributed by atoms with Gasteiger partial charge in [-0.3, -0.25) is 14.5 Å². The van der Waals surface area contributed by atoms with Crippen LogP contribution in [0.5, 0.6) is 0 Å². The van der Waals surface area contributed by atoms with Gasteiger partial charge in [0.15, 0.2) is 0 Å². The zero-order valence-corrected chi connectivity index (χ0v) is 16.4. The number of benzene rings is 1. The summed E-state index contributed by atoms with van der Waals surface area (Å²) in [6.07, 6.45) is 2.89. The molecular formula is C20H25N5O4. The van der Waals surface area contributed by atoms with E-state index in [2.05, 4.69) is 15.6 Å². The Hall–Kier alpha value is -3.20. The highest BCUT2D eigenvalue weighted by molar-refractivity contribution is 6.06. The fourth-order valence-corrected chi connectivity index (χ4v) is 3.73. The molecule has 0 bridgehead atoms. The van der Waals surface area contributed by atoms with Crippen LogP contribution in [-0.2, 0) is 14.3 Å². The Morgan fingerprint density at radius 2 is 1.93 bits per heavy atom. The summed E-state index contributed by atoms with van der Waals surface area (Å²) in [5, 5.41) is 5.34. The molecule has 4 amide bonds. The lowest BCUT2D eigenvalue weighted by molar-refractivity contribution is -0.142. The van der Waals surface area contributed by atoms with Gasteiger partial charge in [-0.15, -0.1) is 0 Å². The molecule has 4 N–H and O–H groups in total. The first-order chi connectivity index (χ1) is 13.9. The summed E-state index contributed by atoms with van der Waals surface area (Å²) < 4.78 is 5.73. The van der Waals surface area contributed by atoms with Gasteiger partial charge in [-0.05, 0) is 26.0 Å². The monoisotopic (exact) mass is 399 g/mol. The molecule has 2 saturated heterocycles. The van der Waals surface area contributed by atoms with Crippen molar-refractivity contribution in [3.05, 3.63) is 42.5 Å². The third-order valence-electron chi connectivity index (χ3n) is 4.98. The van der Waals surface area contributed by atoms with Crippen molar-refractivity contribution in [3.63, 3.8) is 0 Å². The van der Waals surface area contributed by atoms with Crippen LogP contribution in [0.25, 0.3) is 0 Å². The smallest absolute Gasteiger partial charge is 0.344 e. The first-order valence-corrected chi connectivity index (χ1v) is 9.50. The molecule has 0 aliphatic carbocycles. The van der Waals surface area contributed by atoms with Crippen LogP contribution in [0.4, 0.5) is 10.5 Å². The Morgan fingerprint density at radius 1 is 1.24 bits per heavy atom. The molecule has 9 nitrogen and oxygen atoms in total. The van der Waals surface area contributed by atoms with Crippen LogP contribution in [0.3, 0.4) is 0 Å². The molecule has 2 aliphatic heterocycles. The molecule has 0 spiro atoms. The van der Waals surface area contributed by atoms with Gasteiger partial charge < -0.3 is 21.1 Å². The lowest BCUT2D eigenvalue weighted by Gasteiger charge is -2.19. The van der Waals surface area contributed by atoms with E-state index < -0.39 is 24.0 Å². The summed E-state index contributed by atoms with van der Waals surface area (Å²) in [6.45, 7) is 3.80. The van der Waals surface area contributed by atoms with E-state index in [0.29, 0.717) is 5.69 Å². The molecule has 154 valence electrons. The molecular weight excluding hydrogens is 374 g/mol. The van der Waals surface area contributed by atoms with Crippen LogP contribution in [0, 0.1) is 11.8 Å². The number of hydrogen-bond acceptors (Lipinski definition) is 4. The van der Waals surface area contributed by atoms with Crippen molar-refractivity contribution in [2.24, 2.45) is 22.6 Å². The van der Waals surface area contributed by atoms with Crippen molar-refractivity contribution in [3.8, 4) is 0 Å². The molecule has 9 heteroatoms. The number of nitrogens with one attached hydrogen (secondary N) is 2. The van der Waals surface area contributed by atoms with E-state index in [-0.39, 0.29) is 37.0 Å². The molecule has 4 atom stereocenters. The van der Waals surface area contributed by atoms with Crippen molar-refractivity contribution in [1.82, 2.24) is 10.2 Å². The van der Waals surface area contributed by atoms with Crippen LogP contribution in [-0.4, -0.2) is 54.0 Å². The molecule has 2 aliphatic rings. The lowest BCUT2D eigenvalue weighted by atomic mass is 9.90. The number of guanidine groups is 1. The third kappa shape index (κ3) is 4.45. The molecule has 2 heterocycles. The van der Waals surface area contributed by atoms with Crippen molar-refractivity contribution in [2.45, 2.75) is 26.1 Å². The third-order valence-corrected chi connectivity index (χ3v) is 4.98. The fourth-order valence-electron chi connectivity index (χ4n) is 3.73. The maximum absolute atomic E-state index is 12.7. The number of anilines is 1. The number of amides is 4. The second-order valence-electron chi connectivity index (χ2n) is 6.93. The van der Waals surface area contributed by atoms with Crippen molar-refractivity contribution in [2.75, 3.05) is 18.4 Å². The quantitative estimate of drug-likeness (QED) is 0.294. The van der Waals surface area contributed by atoms with E-state index in [1.807, 2.05) is 31.2 Å². The molecule has 2 fully saturated rings. The number of aliphatic imine (C=N–C) groups is 1. The Bertz CT molecular complexity index is 839. The van der Waals surface area contributed by atoms with Gasteiger partial charge in [0, 0.05) is 18.8 Å². The number of allylic oxidation sites excluding steroid dienone is 1. The van der Waals surface area contributed by atoms with Crippen LogP contribution in [0.2, 0.25) is 0 Å². The highest BCUT2D eigenvalue weighted by Gasteiger charge is 2.57. The molecule has 0 saturated carbocycles. The van der Waals surface area contributed by atoms with Gasteiger partial charge in [0.05, 0.1) is 24.0 Å². The molecule has 1 aromatic rings. The average molecular weight is 399 g/mol. The second-order valence-corrected chi connectivity index (χ2v) is 6.93. The Balaban J connectivity index is 1.52. The molecule has 0 radical (unpaired) electrons. The van der Waals surface area contributed by atoms with Gasteiger partial charge >= 0.3 is 6.03 Å². The zero-order chi connectivity index (χ0) is 21.0. The number of carbonyl (C=O) groups excluding carboxylic acids is 3. The highest BCUT2D eigenvalue weighted by atomic mass is 16.5. The van der Waals surface area contributed by atoms with Gasteiger partial charge in [-0.25, -0.2) is 4.79 Å². The number of carbonyl (C=O) groups is 3. The maximum atomic E-state index is 12.7. The number of nitrogens with zero attached hydrogens (tertiary/aromatic N) is 2. The first kappa shape index (κ1) is 20.5. The van der Waals surface area contributed by atoms with Crippen LogP contribution >= 0.6 is 0 Å². The summed E-state index contributed by atoms with van der Waals surface area (Å²) in [6, 6.07) is 8.41. The number of urea groups is 1. The molecule has 29 heavy (non-hydrogen) atoms. The molecule has 4 unspecified atom stereocenters. The molecule has 3 rings (SSSR count). The zero-order valence-electron chi connectivity index (χ0n) is 16.4. The van der Waals surface area contributed by atoms with Gasteiger partial charge in [-0.1, -0.05) is 30.4 Å². The summed E-state index contributed by atoms with van der Waals surface area (Å²) in [7, 11) is 0. The van der Waals surface area contributed by atoms with Gasteiger partial charge in [0.2, 0.25) is 17.8 Å². The van der Waals surface area contributed by atoms with E-state index in [1.165, 1.54) is 4.90 Å². The van der Waals surface area contributed by atoms with Gasteiger partial charge in [0.25, 0.3) is 0 Å². The van der Waals surface area contributed by atoms with Crippen molar-refractivity contribution < 1.29 is 19.1 Å². The number of para-hydroxylation sites is 1. The minimum absolute atomic E-state index is 0.0586. The standard InChI is InChI=1S/C20H25N5O4/c1-3-7-14-16-15(12(2)29-14)17(26)25(18(16)27)11-10-22-20(28)24-19(21)23-13-8-5-4-6-9-13/h3-9,12,14-16H,10-11H2,1-2H3,(H4,21,22,23,24,28)/b7-3-. The van der Waals surface area contributed by atoms with Crippen LogP contribution in [0.15, 0.2) is 47.5 Å². The van der Waals surface area contributed by atoms with E-state index in [1.54, 1.807) is 25.1 Å². The number of hydrogen-bond donors (Lipinski definition) is 3. The Labute approximate surface area is 169 Å². The number of imide groups is 1. The van der Waals surface area contributed by atoms with E-state index >= 15 is 0 Å². The number of likely N-dealkylation sites (tertiary alicyclic amines) is 1. The summed E-state index contributed by atoms with van der Waals surface area (Å²) in [5.41, 5.74) is 6.41. The minimum atomic E-state index is -0.659. The van der Waals surface area contributed by atoms with E-state index in [0.717, 1.165) is 0 Å². The topological polar surface area (TPSA) is 126 Å². The predicted octanol–water partition coefficient (Wildman–Crippen LogP) is 1.09. The summed E-state index contributed by atoms with van der Waals surface area (Å²) >= 11 is 0. The SMILES string of the molecule is C/C=C\C1OC(C)C2C(=O)N(CCNC(=O)/N=C(\N)Nc3ccccc3)C(=O)C12. The number of ether oxygens (including phenoxy) is 1. The largest absolute Gasteiger partial charge is 0.369 e. The van der Waals surface area contributed by atoms with Crippen molar-refractivity contribution in [1.29, 1.82) is 0 Å². The average Bonchev–Trinajstić information content (AvgIpc) is 3.13. The number of rotatable bonds is 5. The normalized spacial score (nSPS) is 26.8. The second kappa shape index (κ2) is 8.87. The molecule has 0 aromatic heterocycles. The van der Waals surface area contributed by atoms with Gasteiger partial charge in [-0.2, -0.15) is 4.99 Å².